The van der Waals surface area contributed by atoms with E-state index in [1.54, 1.807) is 0 Å². The fourth-order valence-corrected chi connectivity index (χ4v) is 1.27. The first-order valence-electron chi connectivity index (χ1n) is 3.91. The highest BCUT2D eigenvalue weighted by molar-refractivity contribution is 5.88. The van der Waals surface area contributed by atoms with E-state index in [0.29, 0.717) is 0 Å². The number of nitrogens with zero attached hydrogens (tertiary/aromatic N) is 2. The summed E-state index contributed by atoms with van der Waals surface area (Å²) < 4.78 is 0. The minimum absolute atomic E-state index is 0.0532. The van der Waals surface area contributed by atoms with Gasteiger partial charge in [0.25, 0.3) is 0 Å². The quantitative estimate of drug-likeness (QED) is 0.590. The van der Waals surface area contributed by atoms with Crippen molar-refractivity contribution in [3.05, 3.63) is 12.7 Å². The van der Waals surface area contributed by atoms with E-state index >= 15 is 0 Å². The molecule has 2 N–H and O–H groups in total. The molecule has 0 saturated heterocycles. The van der Waals surface area contributed by atoms with Crippen molar-refractivity contribution in [2.24, 2.45) is 10.7 Å². The first-order chi connectivity index (χ1) is 5.25. The summed E-state index contributed by atoms with van der Waals surface area (Å²) >= 11 is 0. The number of rotatable bonds is 3. The minimum atomic E-state index is 0.0532. The van der Waals surface area contributed by atoms with E-state index in [4.69, 9.17) is 5.73 Å². The zero-order chi connectivity index (χ0) is 8.27. The average molecular weight is 153 g/mol. The Labute approximate surface area is 67.6 Å². The number of aliphatic imine (C=N–C) groups is 1. The highest BCUT2D eigenvalue weighted by atomic mass is 15.2. The monoisotopic (exact) mass is 153 g/mol. The van der Waals surface area contributed by atoms with Crippen molar-refractivity contribution in [2.75, 3.05) is 19.6 Å². The molecule has 0 aliphatic carbocycles. The van der Waals surface area contributed by atoms with Crippen molar-refractivity contribution in [1.29, 1.82) is 0 Å². The maximum atomic E-state index is 5.71. The van der Waals surface area contributed by atoms with Crippen molar-refractivity contribution in [3.63, 3.8) is 0 Å². The fourth-order valence-electron chi connectivity index (χ4n) is 1.27. The van der Waals surface area contributed by atoms with Crippen LogP contribution in [0.2, 0.25) is 0 Å². The summed E-state index contributed by atoms with van der Waals surface area (Å²) in [7, 11) is 0. The van der Waals surface area contributed by atoms with Gasteiger partial charge in [0.2, 0.25) is 0 Å². The van der Waals surface area contributed by atoms with Gasteiger partial charge in [0.05, 0.1) is 12.6 Å². The van der Waals surface area contributed by atoms with E-state index in [1.165, 1.54) is 0 Å². The standard InChI is InChI=1S/C8H15N3/c1-3-5-11-6-4-10-8(11)7(2)9/h3,7H,1,4-6,9H2,2H3. The molecule has 1 aliphatic rings. The molecular weight excluding hydrogens is 138 g/mol. The Morgan fingerprint density at radius 3 is 3.18 bits per heavy atom. The molecule has 0 aromatic heterocycles. The predicted octanol–water partition coefficient (Wildman–Crippen LogP) is 0.234. The maximum Gasteiger partial charge on any atom is 0.116 e. The molecule has 1 rings (SSSR count). The summed E-state index contributed by atoms with van der Waals surface area (Å²) in [5, 5.41) is 0. The molecule has 0 bridgehead atoms. The van der Waals surface area contributed by atoms with Crippen LogP contribution in [0.15, 0.2) is 17.6 Å². The molecule has 11 heavy (non-hydrogen) atoms. The summed E-state index contributed by atoms with van der Waals surface area (Å²) in [4.78, 5) is 6.47. The summed E-state index contributed by atoms with van der Waals surface area (Å²) in [6, 6.07) is 0.0532. The van der Waals surface area contributed by atoms with Gasteiger partial charge in [0.15, 0.2) is 0 Å². The number of amidine groups is 1. The lowest BCUT2D eigenvalue weighted by molar-refractivity contribution is 0.492. The third-order valence-corrected chi connectivity index (χ3v) is 1.72. The first-order valence-corrected chi connectivity index (χ1v) is 3.91. The minimum Gasteiger partial charge on any atom is -0.354 e. The van der Waals surface area contributed by atoms with Crippen molar-refractivity contribution in [1.82, 2.24) is 4.90 Å². The summed E-state index contributed by atoms with van der Waals surface area (Å²) in [5.41, 5.74) is 5.71. The van der Waals surface area contributed by atoms with Crippen molar-refractivity contribution < 1.29 is 0 Å². The molecule has 0 radical (unpaired) electrons. The van der Waals surface area contributed by atoms with Crippen molar-refractivity contribution in [3.8, 4) is 0 Å². The average Bonchev–Trinajstić information content (AvgIpc) is 2.36. The molecule has 3 nitrogen and oxygen atoms in total. The highest BCUT2D eigenvalue weighted by Gasteiger charge is 2.17. The number of hydrogen-bond donors (Lipinski definition) is 1. The first kappa shape index (κ1) is 8.27. The third kappa shape index (κ3) is 1.80. The SMILES string of the molecule is C=CCN1CCN=C1C(C)N. The van der Waals surface area contributed by atoms with Crippen molar-refractivity contribution >= 4 is 5.84 Å². The van der Waals surface area contributed by atoms with E-state index < -0.39 is 0 Å². The molecule has 1 heterocycles. The zero-order valence-corrected chi connectivity index (χ0v) is 6.95. The van der Waals surface area contributed by atoms with E-state index in [1.807, 2.05) is 13.0 Å². The van der Waals surface area contributed by atoms with Gasteiger partial charge in [-0.2, -0.15) is 0 Å². The lowest BCUT2D eigenvalue weighted by atomic mass is 10.3. The summed E-state index contributed by atoms with van der Waals surface area (Å²) in [5.74, 6) is 1.02. The lowest BCUT2D eigenvalue weighted by Gasteiger charge is -2.20. The van der Waals surface area contributed by atoms with Crippen LogP contribution in [-0.2, 0) is 0 Å². The smallest absolute Gasteiger partial charge is 0.116 e. The van der Waals surface area contributed by atoms with Crippen LogP contribution in [-0.4, -0.2) is 36.4 Å². The Kier molecular flexibility index (Phi) is 2.65. The van der Waals surface area contributed by atoms with Crippen LogP contribution in [0.1, 0.15) is 6.92 Å². The van der Waals surface area contributed by atoms with E-state index in [0.717, 1.165) is 25.5 Å². The maximum absolute atomic E-state index is 5.71. The van der Waals surface area contributed by atoms with E-state index in [9.17, 15) is 0 Å². The van der Waals surface area contributed by atoms with E-state index in [-0.39, 0.29) is 6.04 Å². The predicted molar refractivity (Wildman–Crippen MR) is 47.7 cm³/mol. The van der Waals surface area contributed by atoms with Crippen LogP contribution < -0.4 is 5.73 Å². The topological polar surface area (TPSA) is 41.6 Å². The Hall–Kier alpha value is -0.830. The molecule has 0 saturated carbocycles. The molecule has 0 aromatic carbocycles. The van der Waals surface area contributed by atoms with Gasteiger partial charge in [-0.25, -0.2) is 0 Å². The molecule has 0 aromatic rings. The van der Waals surface area contributed by atoms with Crippen molar-refractivity contribution in [2.45, 2.75) is 13.0 Å². The molecular formula is C8H15N3. The van der Waals surface area contributed by atoms with Crippen LogP contribution >= 0.6 is 0 Å². The van der Waals surface area contributed by atoms with Gasteiger partial charge >= 0.3 is 0 Å². The Morgan fingerprint density at radius 1 is 1.91 bits per heavy atom. The second-order valence-electron chi connectivity index (χ2n) is 2.76. The highest BCUT2D eigenvalue weighted by Crippen LogP contribution is 2.03. The molecule has 3 heteroatoms. The van der Waals surface area contributed by atoms with Crippen LogP contribution in [0.5, 0.6) is 0 Å². The van der Waals surface area contributed by atoms with Crippen LogP contribution in [0.4, 0.5) is 0 Å². The summed E-state index contributed by atoms with van der Waals surface area (Å²) in [6.07, 6.45) is 1.88. The zero-order valence-electron chi connectivity index (χ0n) is 6.95. The lowest BCUT2D eigenvalue weighted by Crippen LogP contribution is -2.39. The summed E-state index contributed by atoms with van der Waals surface area (Å²) in [6.45, 7) is 8.37. The Morgan fingerprint density at radius 2 is 2.64 bits per heavy atom. The Bertz CT molecular complexity index is 172. The van der Waals surface area contributed by atoms with Gasteiger partial charge in [-0.15, -0.1) is 6.58 Å². The molecule has 0 amide bonds. The van der Waals surface area contributed by atoms with Crippen LogP contribution in [0.25, 0.3) is 0 Å². The molecule has 1 aliphatic heterocycles. The second-order valence-corrected chi connectivity index (χ2v) is 2.76. The molecule has 1 unspecified atom stereocenters. The van der Waals surface area contributed by atoms with Gasteiger partial charge in [0.1, 0.15) is 5.84 Å². The largest absolute Gasteiger partial charge is 0.354 e. The number of hydrogen-bond acceptors (Lipinski definition) is 3. The van der Waals surface area contributed by atoms with Crippen LogP contribution in [0, 0.1) is 0 Å². The van der Waals surface area contributed by atoms with Gasteiger partial charge in [-0.3, -0.25) is 4.99 Å². The Balaban J connectivity index is 2.55. The van der Waals surface area contributed by atoms with Gasteiger partial charge < -0.3 is 10.6 Å². The van der Waals surface area contributed by atoms with Gasteiger partial charge in [0, 0.05) is 13.1 Å². The van der Waals surface area contributed by atoms with Gasteiger partial charge in [-0.1, -0.05) is 6.08 Å². The molecule has 62 valence electrons. The normalized spacial score (nSPS) is 19.8. The van der Waals surface area contributed by atoms with E-state index in [2.05, 4.69) is 16.5 Å². The number of nitrogens with two attached hydrogens (primary N) is 1. The van der Waals surface area contributed by atoms with Crippen LogP contribution in [0.3, 0.4) is 0 Å². The fraction of sp³-hybridized carbons (Fsp3) is 0.625. The van der Waals surface area contributed by atoms with Gasteiger partial charge in [-0.05, 0) is 6.92 Å². The molecule has 0 fully saturated rings. The third-order valence-electron chi connectivity index (χ3n) is 1.72. The molecule has 0 spiro atoms. The molecule has 1 atom stereocenters. The second kappa shape index (κ2) is 3.53.